The fourth-order valence-corrected chi connectivity index (χ4v) is 1.64. The monoisotopic (exact) mass is 253 g/mol. The molecule has 1 rings (SSSR count). The number of unbranched alkanes of at least 4 members (excludes halogenated alkanes) is 3. The molecule has 102 valence electrons. The van der Waals surface area contributed by atoms with Crippen molar-refractivity contribution in [3.8, 4) is 0 Å². The van der Waals surface area contributed by atoms with Gasteiger partial charge in [-0.25, -0.2) is 4.98 Å². The lowest BCUT2D eigenvalue weighted by Crippen LogP contribution is -2.22. The van der Waals surface area contributed by atoms with Crippen molar-refractivity contribution in [1.82, 2.24) is 10.3 Å². The molecule has 0 saturated heterocycles. The smallest absolute Gasteiger partial charge is 0.220 e. The molecule has 0 aliphatic heterocycles. The van der Waals surface area contributed by atoms with E-state index in [1.165, 1.54) is 0 Å². The third-order valence-corrected chi connectivity index (χ3v) is 2.74. The Labute approximate surface area is 108 Å². The third-order valence-electron chi connectivity index (χ3n) is 2.74. The van der Waals surface area contributed by atoms with Gasteiger partial charge in [0.25, 0.3) is 0 Å². The number of aryl methyl sites for hydroxylation is 1. The van der Waals surface area contributed by atoms with Crippen LogP contribution in [0.15, 0.2) is 10.6 Å². The molecular formula is C13H23N3O2. The van der Waals surface area contributed by atoms with Crippen molar-refractivity contribution in [2.24, 2.45) is 5.73 Å². The molecular weight excluding hydrogens is 230 g/mol. The van der Waals surface area contributed by atoms with Crippen LogP contribution in [0, 0.1) is 0 Å². The topological polar surface area (TPSA) is 81.2 Å². The highest BCUT2D eigenvalue weighted by atomic mass is 16.4. The number of carbonyl (C=O) groups excluding carboxylic acids is 1. The molecule has 5 heteroatoms. The van der Waals surface area contributed by atoms with Crippen LogP contribution in [-0.4, -0.2) is 17.4 Å². The largest absolute Gasteiger partial charge is 0.444 e. The van der Waals surface area contributed by atoms with E-state index in [0.29, 0.717) is 18.9 Å². The zero-order chi connectivity index (χ0) is 13.2. The Morgan fingerprint density at radius 2 is 2.17 bits per heavy atom. The zero-order valence-electron chi connectivity index (χ0n) is 11.1. The second kappa shape index (κ2) is 8.69. The predicted molar refractivity (Wildman–Crippen MR) is 69.9 cm³/mol. The van der Waals surface area contributed by atoms with Gasteiger partial charge in [0.2, 0.25) is 11.8 Å². The van der Waals surface area contributed by atoms with Crippen molar-refractivity contribution in [2.75, 3.05) is 6.54 Å². The number of rotatable bonds is 9. The van der Waals surface area contributed by atoms with E-state index in [1.54, 1.807) is 6.20 Å². The molecule has 0 bridgehead atoms. The molecule has 1 aromatic heterocycles. The lowest BCUT2D eigenvalue weighted by Gasteiger charge is -2.02. The number of aromatic nitrogens is 1. The Kier molecular flexibility index (Phi) is 7.10. The zero-order valence-corrected chi connectivity index (χ0v) is 11.1. The van der Waals surface area contributed by atoms with Gasteiger partial charge >= 0.3 is 0 Å². The molecule has 0 aliphatic rings. The van der Waals surface area contributed by atoms with Gasteiger partial charge in [0.1, 0.15) is 5.76 Å². The molecule has 0 aliphatic carbocycles. The van der Waals surface area contributed by atoms with Gasteiger partial charge in [-0.1, -0.05) is 19.8 Å². The molecule has 0 spiro atoms. The SMILES string of the molecule is CCc1cnc(CNC(=O)CCCCCCN)o1. The van der Waals surface area contributed by atoms with Gasteiger partial charge in [-0.2, -0.15) is 0 Å². The molecule has 18 heavy (non-hydrogen) atoms. The van der Waals surface area contributed by atoms with Crippen LogP contribution in [0.3, 0.4) is 0 Å². The number of amides is 1. The van der Waals surface area contributed by atoms with Crippen LogP contribution in [0.4, 0.5) is 0 Å². The van der Waals surface area contributed by atoms with E-state index in [9.17, 15) is 4.79 Å². The lowest BCUT2D eigenvalue weighted by molar-refractivity contribution is -0.121. The van der Waals surface area contributed by atoms with Gasteiger partial charge in [0, 0.05) is 12.8 Å². The van der Waals surface area contributed by atoms with Crippen molar-refractivity contribution in [1.29, 1.82) is 0 Å². The molecule has 0 unspecified atom stereocenters. The van der Waals surface area contributed by atoms with Crippen LogP contribution in [-0.2, 0) is 17.8 Å². The van der Waals surface area contributed by atoms with E-state index in [-0.39, 0.29) is 5.91 Å². The Hall–Kier alpha value is -1.36. The highest BCUT2D eigenvalue weighted by Gasteiger charge is 2.05. The molecule has 0 atom stereocenters. The van der Waals surface area contributed by atoms with E-state index in [1.807, 2.05) is 6.92 Å². The number of oxazole rings is 1. The molecule has 1 heterocycles. The van der Waals surface area contributed by atoms with Gasteiger partial charge in [0.15, 0.2) is 0 Å². The highest BCUT2D eigenvalue weighted by molar-refractivity contribution is 5.75. The third kappa shape index (κ3) is 5.82. The molecule has 0 radical (unpaired) electrons. The first-order valence-corrected chi connectivity index (χ1v) is 6.66. The summed E-state index contributed by atoms with van der Waals surface area (Å²) >= 11 is 0. The summed E-state index contributed by atoms with van der Waals surface area (Å²) in [6.07, 6.45) is 7.20. The summed E-state index contributed by atoms with van der Waals surface area (Å²) in [6.45, 7) is 3.11. The van der Waals surface area contributed by atoms with E-state index >= 15 is 0 Å². The van der Waals surface area contributed by atoms with Crippen molar-refractivity contribution in [2.45, 2.75) is 52.0 Å². The van der Waals surface area contributed by atoms with Crippen LogP contribution in [0.2, 0.25) is 0 Å². The Morgan fingerprint density at radius 3 is 2.83 bits per heavy atom. The maximum atomic E-state index is 11.5. The molecule has 3 N–H and O–H groups in total. The van der Waals surface area contributed by atoms with Gasteiger partial charge in [-0.15, -0.1) is 0 Å². The quantitative estimate of drug-likeness (QED) is 0.657. The fraction of sp³-hybridized carbons (Fsp3) is 0.692. The van der Waals surface area contributed by atoms with Crippen LogP contribution < -0.4 is 11.1 Å². The van der Waals surface area contributed by atoms with Crippen molar-refractivity contribution in [3.05, 3.63) is 17.8 Å². The number of nitrogens with two attached hydrogens (primary N) is 1. The fourth-order valence-electron chi connectivity index (χ4n) is 1.64. The van der Waals surface area contributed by atoms with E-state index in [0.717, 1.165) is 44.4 Å². The minimum absolute atomic E-state index is 0.0546. The Morgan fingerprint density at radius 1 is 1.39 bits per heavy atom. The standard InChI is InChI=1S/C13H23N3O2/c1-2-11-9-16-13(18-11)10-15-12(17)7-5-3-4-6-8-14/h9H,2-8,10,14H2,1H3,(H,15,17). The first kappa shape index (κ1) is 14.7. The van der Waals surface area contributed by atoms with Crippen molar-refractivity contribution in [3.63, 3.8) is 0 Å². The number of nitrogens with one attached hydrogen (secondary N) is 1. The summed E-state index contributed by atoms with van der Waals surface area (Å²) in [5, 5.41) is 2.81. The van der Waals surface area contributed by atoms with E-state index in [2.05, 4.69) is 10.3 Å². The molecule has 5 nitrogen and oxygen atoms in total. The number of nitrogens with zero attached hydrogens (tertiary/aromatic N) is 1. The summed E-state index contributed by atoms with van der Waals surface area (Å²) in [7, 11) is 0. The second-order valence-electron chi connectivity index (χ2n) is 4.30. The van der Waals surface area contributed by atoms with E-state index < -0.39 is 0 Å². The number of carbonyl (C=O) groups is 1. The normalized spacial score (nSPS) is 10.6. The summed E-state index contributed by atoms with van der Waals surface area (Å²) in [5.74, 6) is 1.48. The van der Waals surface area contributed by atoms with Crippen LogP contribution in [0.1, 0.15) is 50.7 Å². The summed E-state index contributed by atoms with van der Waals surface area (Å²) in [6, 6.07) is 0. The number of hydrogen-bond acceptors (Lipinski definition) is 4. The molecule has 1 aromatic rings. The van der Waals surface area contributed by atoms with Crippen LogP contribution in [0.5, 0.6) is 0 Å². The average molecular weight is 253 g/mol. The number of hydrogen-bond donors (Lipinski definition) is 2. The minimum Gasteiger partial charge on any atom is -0.444 e. The van der Waals surface area contributed by atoms with Crippen molar-refractivity contribution < 1.29 is 9.21 Å². The van der Waals surface area contributed by atoms with Crippen LogP contribution in [0.25, 0.3) is 0 Å². The lowest BCUT2D eigenvalue weighted by atomic mass is 10.1. The second-order valence-corrected chi connectivity index (χ2v) is 4.30. The summed E-state index contributed by atoms with van der Waals surface area (Å²) in [4.78, 5) is 15.6. The molecule has 0 saturated carbocycles. The molecule has 1 amide bonds. The average Bonchev–Trinajstić information content (AvgIpc) is 2.84. The summed E-state index contributed by atoms with van der Waals surface area (Å²) < 4.78 is 5.40. The molecule has 0 fully saturated rings. The van der Waals surface area contributed by atoms with Gasteiger partial charge in [-0.3, -0.25) is 4.79 Å². The minimum atomic E-state index is 0.0546. The maximum absolute atomic E-state index is 11.5. The first-order valence-electron chi connectivity index (χ1n) is 6.66. The van der Waals surface area contributed by atoms with Gasteiger partial charge in [-0.05, 0) is 19.4 Å². The Bertz CT molecular complexity index is 350. The summed E-state index contributed by atoms with van der Waals surface area (Å²) in [5.41, 5.74) is 5.40. The van der Waals surface area contributed by atoms with Crippen LogP contribution >= 0.6 is 0 Å². The Balaban J connectivity index is 2.09. The first-order chi connectivity index (χ1) is 8.76. The highest BCUT2D eigenvalue weighted by Crippen LogP contribution is 2.05. The van der Waals surface area contributed by atoms with E-state index in [4.69, 9.17) is 10.2 Å². The predicted octanol–water partition coefficient (Wildman–Crippen LogP) is 1.76. The van der Waals surface area contributed by atoms with Gasteiger partial charge in [0.05, 0.1) is 12.7 Å². The molecule has 0 aromatic carbocycles. The maximum Gasteiger partial charge on any atom is 0.220 e. The van der Waals surface area contributed by atoms with Crippen molar-refractivity contribution >= 4 is 5.91 Å². The van der Waals surface area contributed by atoms with Gasteiger partial charge < -0.3 is 15.5 Å².